The summed E-state index contributed by atoms with van der Waals surface area (Å²) in [6.45, 7) is -0.341. The van der Waals surface area contributed by atoms with Crippen molar-refractivity contribution in [1.29, 1.82) is 0 Å². The Labute approximate surface area is 194 Å². The monoisotopic (exact) mass is 532 g/mol. The standard InChI is InChI=1S/C24H21IO4S/c1-28-19-9-5-8-18(14-19)21(17-6-3-2-4-7-17)12-13-30-23-11-10-20(15-22(23)25)29-16-24(26)27/h2-12,14-15H,13,16H2,1H3,(H,26,27). The number of aliphatic carboxylic acids is 1. The van der Waals surface area contributed by atoms with Gasteiger partial charge in [-0.2, -0.15) is 0 Å². The molecule has 30 heavy (non-hydrogen) atoms. The summed E-state index contributed by atoms with van der Waals surface area (Å²) in [6.07, 6.45) is 2.22. The zero-order valence-corrected chi connectivity index (χ0v) is 19.4. The molecule has 0 fully saturated rings. The lowest BCUT2D eigenvalue weighted by Crippen LogP contribution is -2.09. The van der Waals surface area contributed by atoms with Gasteiger partial charge in [-0.3, -0.25) is 0 Å². The maximum Gasteiger partial charge on any atom is 0.341 e. The zero-order valence-electron chi connectivity index (χ0n) is 16.4. The molecule has 0 aromatic heterocycles. The van der Waals surface area contributed by atoms with Crippen molar-refractivity contribution in [3.63, 3.8) is 0 Å². The summed E-state index contributed by atoms with van der Waals surface area (Å²) in [6, 6.07) is 24.0. The molecule has 0 amide bonds. The minimum absolute atomic E-state index is 0.341. The Morgan fingerprint density at radius 1 is 1.00 bits per heavy atom. The SMILES string of the molecule is COc1cccc(C(=CCSc2ccc(OCC(=O)O)cc2I)c2ccccc2)c1. The van der Waals surface area contributed by atoms with E-state index in [2.05, 4.69) is 46.9 Å². The molecule has 3 rings (SSSR count). The molecule has 1 N–H and O–H groups in total. The largest absolute Gasteiger partial charge is 0.497 e. The Morgan fingerprint density at radius 3 is 2.47 bits per heavy atom. The van der Waals surface area contributed by atoms with Crippen LogP contribution in [0.25, 0.3) is 5.57 Å². The summed E-state index contributed by atoms with van der Waals surface area (Å²) in [7, 11) is 1.67. The smallest absolute Gasteiger partial charge is 0.341 e. The lowest BCUT2D eigenvalue weighted by Gasteiger charge is -2.11. The molecule has 0 aliphatic heterocycles. The topological polar surface area (TPSA) is 55.8 Å². The van der Waals surface area contributed by atoms with Gasteiger partial charge in [-0.1, -0.05) is 48.5 Å². The molecular weight excluding hydrogens is 511 g/mol. The second-order valence-electron chi connectivity index (χ2n) is 6.30. The lowest BCUT2D eigenvalue weighted by atomic mass is 9.98. The number of carbonyl (C=O) groups is 1. The summed E-state index contributed by atoms with van der Waals surface area (Å²) in [4.78, 5) is 11.8. The molecule has 4 nitrogen and oxygen atoms in total. The molecular formula is C24H21IO4S. The molecule has 0 saturated heterocycles. The van der Waals surface area contributed by atoms with E-state index >= 15 is 0 Å². The Bertz CT molecular complexity index is 1030. The van der Waals surface area contributed by atoms with Gasteiger partial charge >= 0.3 is 5.97 Å². The average Bonchev–Trinajstić information content (AvgIpc) is 2.77. The molecule has 0 saturated carbocycles. The van der Waals surface area contributed by atoms with Crippen LogP contribution in [0.4, 0.5) is 0 Å². The number of carboxylic acids is 1. The predicted octanol–water partition coefficient (Wildman–Crippen LogP) is 5.99. The molecule has 0 aliphatic rings. The van der Waals surface area contributed by atoms with E-state index in [4.69, 9.17) is 14.6 Å². The zero-order chi connectivity index (χ0) is 21.3. The fourth-order valence-electron chi connectivity index (χ4n) is 2.86. The minimum atomic E-state index is -0.986. The van der Waals surface area contributed by atoms with Crippen molar-refractivity contribution in [2.24, 2.45) is 0 Å². The highest BCUT2D eigenvalue weighted by Gasteiger charge is 2.08. The van der Waals surface area contributed by atoms with Gasteiger partial charge in [0.2, 0.25) is 0 Å². The van der Waals surface area contributed by atoms with Crippen LogP contribution in [0.5, 0.6) is 11.5 Å². The maximum absolute atomic E-state index is 10.7. The number of carboxylic acid groups (broad SMARTS) is 1. The Kier molecular flexibility index (Phi) is 8.21. The first kappa shape index (κ1) is 22.2. The number of rotatable bonds is 9. The first-order valence-electron chi connectivity index (χ1n) is 9.24. The lowest BCUT2D eigenvalue weighted by molar-refractivity contribution is -0.139. The molecule has 0 unspecified atom stereocenters. The van der Waals surface area contributed by atoms with Crippen LogP contribution in [0.15, 0.2) is 83.8 Å². The van der Waals surface area contributed by atoms with E-state index in [1.807, 2.05) is 48.5 Å². The molecule has 0 atom stereocenters. The van der Waals surface area contributed by atoms with Crippen LogP contribution < -0.4 is 9.47 Å². The molecule has 154 valence electrons. The number of halogens is 1. The molecule has 0 bridgehead atoms. The number of hydrogen-bond donors (Lipinski definition) is 1. The van der Waals surface area contributed by atoms with Crippen molar-refractivity contribution in [3.8, 4) is 11.5 Å². The van der Waals surface area contributed by atoms with Crippen LogP contribution in [0, 0.1) is 3.57 Å². The van der Waals surface area contributed by atoms with Crippen molar-refractivity contribution in [2.45, 2.75) is 4.90 Å². The molecule has 0 radical (unpaired) electrons. The fourth-order valence-corrected chi connectivity index (χ4v) is 4.60. The van der Waals surface area contributed by atoms with Gasteiger partial charge in [-0.05, 0) is 69.6 Å². The van der Waals surface area contributed by atoms with Crippen molar-refractivity contribution < 1.29 is 19.4 Å². The van der Waals surface area contributed by atoms with Crippen molar-refractivity contribution in [2.75, 3.05) is 19.5 Å². The van der Waals surface area contributed by atoms with Crippen LogP contribution in [-0.2, 0) is 4.79 Å². The van der Waals surface area contributed by atoms with Gasteiger partial charge in [-0.15, -0.1) is 11.8 Å². The molecule has 0 spiro atoms. The van der Waals surface area contributed by atoms with Gasteiger partial charge in [0.25, 0.3) is 0 Å². The third kappa shape index (κ3) is 6.27. The van der Waals surface area contributed by atoms with Gasteiger partial charge in [0.15, 0.2) is 6.61 Å². The maximum atomic E-state index is 10.7. The van der Waals surface area contributed by atoms with E-state index in [-0.39, 0.29) is 6.61 Å². The van der Waals surface area contributed by atoms with Crippen molar-refractivity contribution in [1.82, 2.24) is 0 Å². The summed E-state index contributed by atoms with van der Waals surface area (Å²) in [5, 5.41) is 8.74. The Morgan fingerprint density at radius 2 is 1.77 bits per heavy atom. The molecule has 0 aliphatic carbocycles. The van der Waals surface area contributed by atoms with E-state index in [9.17, 15) is 4.79 Å². The number of benzene rings is 3. The van der Waals surface area contributed by atoms with Crippen LogP contribution in [0.1, 0.15) is 11.1 Å². The first-order chi connectivity index (χ1) is 14.6. The first-order valence-corrected chi connectivity index (χ1v) is 11.3. The van der Waals surface area contributed by atoms with Gasteiger partial charge in [0.05, 0.1) is 7.11 Å². The average molecular weight is 532 g/mol. The van der Waals surface area contributed by atoms with Gasteiger partial charge in [0.1, 0.15) is 11.5 Å². The predicted molar refractivity (Wildman–Crippen MR) is 130 cm³/mol. The molecule has 3 aromatic rings. The van der Waals surface area contributed by atoms with Crippen LogP contribution >= 0.6 is 34.4 Å². The third-order valence-corrected chi connectivity index (χ3v) is 6.52. The van der Waals surface area contributed by atoms with E-state index < -0.39 is 5.97 Å². The minimum Gasteiger partial charge on any atom is -0.497 e. The quantitative estimate of drug-likeness (QED) is 0.271. The van der Waals surface area contributed by atoms with E-state index in [0.717, 1.165) is 36.7 Å². The molecule has 3 aromatic carbocycles. The van der Waals surface area contributed by atoms with Gasteiger partial charge < -0.3 is 14.6 Å². The van der Waals surface area contributed by atoms with Crippen molar-refractivity contribution >= 4 is 45.9 Å². The van der Waals surface area contributed by atoms with Gasteiger partial charge in [0, 0.05) is 14.2 Å². The number of ether oxygens (including phenoxy) is 2. The second kappa shape index (κ2) is 11.1. The van der Waals surface area contributed by atoms with E-state index in [1.54, 1.807) is 24.9 Å². The number of hydrogen-bond acceptors (Lipinski definition) is 4. The Balaban J connectivity index is 1.79. The van der Waals surface area contributed by atoms with E-state index in [1.165, 1.54) is 0 Å². The highest BCUT2D eigenvalue weighted by molar-refractivity contribution is 14.1. The molecule has 6 heteroatoms. The summed E-state index contributed by atoms with van der Waals surface area (Å²) >= 11 is 3.97. The fraction of sp³-hybridized carbons (Fsp3) is 0.125. The van der Waals surface area contributed by atoms with Crippen LogP contribution in [-0.4, -0.2) is 30.5 Å². The summed E-state index contributed by atoms with van der Waals surface area (Å²) in [5.41, 5.74) is 3.41. The normalized spacial score (nSPS) is 11.2. The van der Waals surface area contributed by atoms with E-state index in [0.29, 0.717) is 5.75 Å². The molecule has 0 heterocycles. The Hall–Kier alpha value is -2.45. The summed E-state index contributed by atoms with van der Waals surface area (Å²) < 4.78 is 11.7. The second-order valence-corrected chi connectivity index (χ2v) is 8.53. The third-order valence-electron chi connectivity index (χ3n) is 4.26. The van der Waals surface area contributed by atoms with Crippen LogP contribution in [0.3, 0.4) is 0 Å². The number of thioether (sulfide) groups is 1. The van der Waals surface area contributed by atoms with Crippen LogP contribution in [0.2, 0.25) is 0 Å². The summed E-state index contributed by atoms with van der Waals surface area (Å²) in [5.74, 6) is 1.18. The van der Waals surface area contributed by atoms with Crippen molar-refractivity contribution in [3.05, 3.63) is 93.6 Å². The highest BCUT2D eigenvalue weighted by atomic mass is 127. The van der Waals surface area contributed by atoms with Gasteiger partial charge in [-0.25, -0.2) is 4.79 Å². The number of methoxy groups -OCH3 is 1. The highest BCUT2D eigenvalue weighted by Crippen LogP contribution is 2.31.